The van der Waals surface area contributed by atoms with E-state index in [1.165, 1.54) is 0 Å². The van der Waals surface area contributed by atoms with Gasteiger partial charge in [0.05, 0.1) is 13.2 Å². The quantitative estimate of drug-likeness (QED) is 0.572. The van der Waals surface area contributed by atoms with E-state index in [0.717, 1.165) is 13.1 Å². The van der Waals surface area contributed by atoms with Gasteiger partial charge in [0.2, 0.25) is 5.91 Å². The number of morpholine rings is 1. The van der Waals surface area contributed by atoms with Crippen LogP contribution in [0.25, 0.3) is 0 Å². The molecule has 0 saturated carbocycles. The maximum atomic E-state index is 10.8. The number of amides is 1. The van der Waals surface area contributed by atoms with Crippen LogP contribution in [0, 0.1) is 0 Å². The molecule has 0 aromatic rings. The molecule has 0 aromatic carbocycles. The Morgan fingerprint density at radius 1 is 1.82 bits per heavy atom. The summed E-state index contributed by atoms with van der Waals surface area (Å²) in [6.45, 7) is 4.84. The normalized spacial score (nSPS) is 26.8. The molecule has 1 fully saturated rings. The zero-order valence-corrected chi connectivity index (χ0v) is 6.75. The topological polar surface area (TPSA) is 55.6 Å². The molecule has 0 bridgehead atoms. The predicted octanol–water partition coefficient (Wildman–Crippen LogP) is -0.808. The van der Waals surface area contributed by atoms with Crippen molar-refractivity contribution >= 4 is 5.91 Å². The summed E-state index contributed by atoms with van der Waals surface area (Å²) < 4.78 is 5.13. The first-order chi connectivity index (χ1) is 5.25. The molecule has 1 rings (SSSR count). The number of likely N-dealkylation sites (N-methyl/N-ethyl adjacent to an activating group) is 1. The molecule has 0 unspecified atom stereocenters. The van der Waals surface area contributed by atoms with Crippen molar-refractivity contribution in [2.24, 2.45) is 5.73 Å². The highest BCUT2D eigenvalue weighted by Gasteiger charge is 2.25. The van der Waals surface area contributed by atoms with Crippen LogP contribution in [-0.4, -0.2) is 43.2 Å². The van der Waals surface area contributed by atoms with E-state index < -0.39 is 0 Å². The Kier molecular flexibility index (Phi) is 2.84. The smallest absolute Gasteiger partial charge is 0.237 e. The molecule has 0 aliphatic carbocycles. The number of rotatable bonds is 2. The Hall–Kier alpha value is -0.610. The molecule has 1 saturated heterocycles. The Balaban J connectivity index is 2.51. The van der Waals surface area contributed by atoms with Crippen molar-refractivity contribution in [1.82, 2.24) is 4.90 Å². The maximum Gasteiger partial charge on any atom is 0.237 e. The zero-order chi connectivity index (χ0) is 8.27. The Morgan fingerprint density at radius 3 is 3.00 bits per heavy atom. The summed E-state index contributed by atoms with van der Waals surface area (Å²) in [7, 11) is 0. The van der Waals surface area contributed by atoms with E-state index in [0.29, 0.717) is 13.2 Å². The number of ether oxygens (including phenoxy) is 1. The van der Waals surface area contributed by atoms with Crippen LogP contribution in [0.2, 0.25) is 0 Å². The molecule has 1 amide bonds. The van der Waals surface area contributed by atoms with Crippen LogP contribution in [0.5, 0.6) is 0 Å². The molecule has 0 radical (unpaired) electrons. The SMILES string of the molecule is CCN1CCOC[C@@H]1C(N)=O. The average molecular weight is 158 g/mol. The monoisotopic (exact) mass is 158 g/mol. The molecule has 1 aliphatic heterocycles. The second-order valence-electron chi connectivity index (χ2n) is 2.62. The second kappa shape index (κ2) is 3.69. The summed E-state index contributed by atoms with van der Waals surface area (Å²) in [5.74, 6) is -0.286. The van der Waals surface area contributed by atoms with Gasteiger partial charge in [0.15, 0.2) is 0 Å². The van der Waals surface area contributed by atoms with Crippen molar-refractivity contribution in [1.29, 1.82) is 0 Å². The molecule has 64 valence electrons. The minimum absolute atomic E-state index is 0.214. The number of carbonyl (C=O) groups excluding carboxylic acids is 1. The van der Waals surface area contributed by atoms with Gasteiger partial charge in [-0.15, -0.1) is 0 Å². The minimum Gasteiger partial charge on any atom is -0.378 e. The van der Waals surface area contributed by atoms with Gasteiger partial charge in [0, 0.05) is 6.54 Å². The van der Waals surface area contributed by atoms with E-state index in [1.807, 2.05) is 11.8 Å². The third-order valence-electron chi connectivity index (χ3n) is 1.97. The molecule has 1 aliphatic rings. The Bertz CT molecular complexity index is 149. The molecule has 1 heterocycles. The van der Waals surface area contributed by atoms with Crippen molar-refractivity contribution < 1.29 is 9.53 Å². The summed E-state index contributed by atoms with van der Waals surface area (Å²) in [6, 6.07) is -0.214. The van der Waals surface area contributed by atoms with Crippen LogP contribution >= 0.6 is 0 Å². The highest BCUT2D eigenvalue weighted by Crippen LogP contribution is 2.04. The zero-order valence-electron chi connectivity index (χ0n) is 6.75. The van der Waals surface area contributed by atoms with E-state index in [1.54, 1.807) is 0 Å². The number of hydrogen-bond donors (Lipinski definition) is 1. The lowest BCUT2D eigenvalue weighted by atomic mass is 10.2. The van der Waals surface area contributed by atoms with E-state index in [4.69, 9.17) is 10.5 Å². The first kappa shape index (κ1) is 8.49. The Labute approximate surface area is 66.3 Å². The van der Waals surface area contributed by atoms with Crippen LogP contribution in [0.15, 0.2) is 0 Å². The van der Waals surface area contributed by atoms with Gasteiger partial charge in [0.25, 0.3) is 0 Å². The molecule has 2 N–H and O–H groups in total. The fraction of sp³-hybridized carbons (Fsp3) is 0.857. The number of hydrogen-bond acceptors (Lipinski definition) is 3. The maximum absolute atomic E-state index is 10.8. The standard InChI is InChI=1S/C7H14N2O2/c1-2-9-3-4-11-5-6(9)7(8)10/h6H,2-5H2,1H3,(H2,8,10)/t6-/m1/s1. The van der Waals surface area contributed by atoms with Crippen molar-refractivity contribution in [3.8, 4) is 0 Å². The van der Waals surface area contributed by atoms with E-state index >= 15 is 0 Å². The van der Waals surface area contributed by atoms with Gasteiger partial charge in [0.1, 0.15) is 6.04 Å². The molecule has 11 heavy (non-hydrogen) atoms. The molecule has 4 nitrogen and oxygen atoms in total. The fourth-order valence-electron chi connectivity index (χ4n) is 1.28. The Morgan fingerprint density at radius 2 is 2.55 bits per heavy atom. The summed E-state index contributed by atoms with van der Waals surface area (Å²) in [6.07, 6.45) is 0. The van der Waals surface area contributed by atoms with Crippen LogP contribution in [0.4, 0.5) is 0 Å². The number of carbonyl (C=O) groups is 1. The average Bonchev–Trinajstić information content (AvgIpc) is 2.04. The van der Waals surface area contributed by atoms with E-state index in [2.05, 4.69) is 0 Å². The van der Waals surface area contributed by atoms with Gasteiger partial charge in [-0.2, -0.15) is 0 Å². The number of primary amides is 1. The summed E-state index contributed by atoms with van der Waals surface area (Å²) in [4.78, 5) is 12.9. The third-order valence-corrected chi connectivity index (χ3v) is 1.97. The highest BCUT2D eigenvalue weighted by molar-refractivity contribution is 5.80. The number of nitrogens with two attached hydrogens (primary N) is 1. The van der Waals surface area contributed by atoms with E-state index in [-0.39, 0.29) is 11.9 Å². The van der Waals surface area contributed by atoms with Gasteiger partial charge in [-0.05, 0) is 6.54 Å². The first-order valence-corrected chi connectivity index (χ1v) is 3.86. The van der Waals surface area contributed by atoms with Crippen LogP contribution in [-0.2, 0) is 9.53 Å². The van der Waals surface area contributed by atoms with Crippen molar-refractivity contribution in [2.45, 2.75) is 13.0 Å². The summed E-state index contributed by atoms with van der Waals surface area (Å²) in [5, 5.41) is 0. The molecule has 0 spiro atoms. The molecule has 4 heteroatoms. The predicted molar refractivity (Wildman–Crippen MR) is 41.0 cm³/mol. The molecular weight excluding hydrogens is 144 g/mol. The van der Waals surface area contributed by atoms with Crippen molar-refractivity contribution in [3.05, 3.63) is 0 Å². The largest absolute Gasteiger partial charge is 0.378 e. The van der Waals surface area contributed by atoms with Crippen molar-refractivity contribution in [2.75, 3.05) is 26.3 Å². The highest BCUT2D eigenvalue weighted by atomic mass is 16.5. The molecule has 0 aromatic heterocycles. The van der Waals surface area contributed by atoms with Crippen LogP contribution in [0.1, 0.15) is 6.92 Å². The summed E-state index contributed by atoms with van der Waals surface area (Å²) >= 11 is 0. The lowest BCUT2D eigenvalue weighted by Crippen LogP contribution is -2.52. The van der Waals surface area contributed by atoms with Gasteiger partial charge in [-0.25, -0.2) is 0 Å². The lowest BCUT2D eigenvalue weighted by molar-refractivity contribution is -0.129. The third kappa shape index (κ3) is 1.91. The van der Waals surface area contributed by atoms with Gasteiger partial charge < -0.3 is 10.5 Å². The molecular formula is C7H14N2O2. The van der Waals surface area contributed by atoms with Crippen molar-refractivity contribution in [3.63, 3.8) is 0 Å². The fourth-order valence-corrected chi connectivity index (χ4v) is 1.28. The summed E-state index contributed by atoms with van der Waals surface area (Å²) in [5.41, 5.74) is 5.17. The second-order valence-corrected chi connectivity index (χ2v) is 2.62. The van der Waals surface area contributed by atoms with Gasteiger partial charge >= 0.3 is 0 Å². The van der Waals surface area contributed by atoms with Crippen LogP contribution < -0.4 is 5.73 Å². The van der Waals surface area contributed by atoms with Gasteiger partial charge in [-0.1, -0.05) is 6.92 Å². The number of nitrogens with zero attached hydrogens (tertiary/aromatic N) is 1. The van der Waals surface area contributed by atoms with Gasteiger partial charge in [-0.3, -0.25) is 9.69 Å². The van der Waals surface area contributed by atoms with E-state index in [9.17, 15) is 4.79 Å². The minimum atomic E-state index is -0.286. The lowest BCUT2D eigenvalue weighted by Gasteiger charge is -2.32. The first-order valence-electron chi connectivity index (χ1n) is 3.86. The van der Waals surface area contributed by atoms with Crippen LogP contribution in [0.3, 0.4) is 0 Å². The molecule has 1 atom stereocenters.